The number of carbonyl (C=O) groups is 2. The number of carbonyl (C=O) groups excluding carboxylic acids is 2. The Balaban J connectivity index is 1.20. The normalized spacial score (nSPS) is 22.7. The van der Waals surface area contributed by atoms with E-state index in [1.54, 1.807) is 18.5 Å². The molecule has 2 amide bonds. The van der Waals surface area contributed by atoms with Crippen LogP contribution in [-0.4, -0.2) is 61.1 Å². The average molecular weight is 698 g/mol. The summed E-state index contributed by atoms with van der Waals surface area (Å²) in [5, 5.41) is 7.05. The van der Waals surface area contributed by atoms with E-state index in [2.05, 4.69) is 90.6 Å². The Morgan fingerprint density at radius 2 is 1.72 bits per heavy atom. The number of amides is 2. The zero-order chi connectivity index (χ0) is 36.0. The van der Waals surface area contributed by atoms with Gasteiger partial charge < -0.3 is 29.1 Å². The van der Waals surface area contributed by atoms with E-state index in [0.717, 1.165) is 23.3 Å². The van der Waals surface area contributed by atoms with Crippen molar-refractivity contribution in [3.05, 3.63) is 84.0 Å². The van der Waals surface area contributed by atoms with Crippen molar-refractivity contribution in [1.29, 1.82) is 0 Å². The zero-order valence-electron chi connectivity index (χ0n) is 30.7. The van der Waals surface area contributed by atoms with Gasteiger partial charge in [-0.15, -0.1) is 0 Å². The van der Waals surface area contributed by atoms with Crippen molar-refractivity contribution >= 4 is 42.8 Å². The number of pyridine rings is 2. The molecule has 0 bridgehead atoms. The van der Waals surface area contributed by atoms with E-state index in [4.69, 9.17) is 13.6 Å². The zero-order valence-corrected chi connectivity index (χ0v) is 31.7. The van der Waals surface area contributed by atoms with E-state index >= 15 is 0 Å². The Bertz CT molecular complexity index is 1850. The van der Waals surface area contributed by atoms with Crippen molar-refractivity contribution in [2.45, 2.75) is 103 Å². The van der Waals surface area contributed by atoms with Gasteiger partial charge in [0, 0.05) is 36.5 Å². The SMILES string of the molecule is C[C@H]1CN(c2ccncc2NC(=O)c2ccc3cc([C@H]4C[C@@H]4c4ccccc4)oc3n2)C[C@@H](NC(=O)OC(C)(C)C)[C@@H]1O[Si](C)(C)C(C)(C)C. The number of furan rings is 1. The number of fused-ring (bicyclic) bond motifs is 1. The maximum absolute atomic E-state index is 13.6. The molecule has 11 heteroatoms. The molecule has 10 nitrogen and oxygen atoms in total. The van der Waals surface area contributed by atoms with Crippen LogP contribution in [0.15, 0.2) is 71.4 Å². The minimum atomic E-state index is -2.18. The first-order valence-corrected chi connectivity index (χ1v) is 20.5. The number of alkyl carbamates (subject to hydrolysis) is 1. The summed E-state index contributed by atoms with van der Waals surface area (Å²) in [6.45, 7) is 19.9. The number of hydrogen-bond donors (Lipinski definition) is 2. The number of hydrogen-bond acceptors (Lipinski definition) is 8. The fraction of sp³-hybridized carbons (Fsp3) is 0.487. The van der Waals surface area contributed by atoms with Crippen molar-refractivity contribution in [3.63, 3.8) is 0 Å². The standard InChI is InChI=1S/C39H51N5O5Si/c1-24-22-44(23-31(43-37(46)48-38(2,3)4)34(24)49-50(8,9)39(5,6)7)32-17-18-40-21-30(32)41-35(45)29-16-15-26-19-33(47-36(26)42-29)28-20-27(28)25-13-11-10-12-14-25/h10-19,21,24,27-28,31,34H,20,22-23H2,1-9H3,(H,41,45)(H,43,46)/t24-,27+,28-,31+,34+/m0/s1. The molecule has 1 saturated heterocycles. The van der Waals surface area contributed by atoms with Gasteiger partial charge in [0.05, 0.1) is 29.7 Å². The summed E-state index contributed by atoms with van der Waals surface area (Å²) in [5.74, 6) is 1.35. The van der Waals surface area contributed by atoms with Gasteiger partial charge in [-0.3, -0.25) is 9.78 Å². The molecule has 4 heterocycles. The third kappa shape index (κ3) is 7.89. The number of piperidine rings is 1. The van der Waals surface area contributed by atoms with Crippen LogP contribution in [0.25, 0.3) is 11.1 Å². The summed E-state index contributed by atoms with van der Waals surface area (Å²) in [6.07, 6.45) is 3.69. The highest BCUT2D eigenvalue weighted by Gasteiger charge is 2.45. The van der Waals surface area contributed by atoms with Crippen molar-refractivity contribution in [2.24, 2.45) is 5.92 Å². The van der Waals surface area contributed by atoms with Crippen LogP contribution in [0.1, 0.15) is 88.5 Å². The van der Waals surface area contributed by atoms with E-state index in [0.29, 0.717) is 36.3 Å². The summed E-state index contributed by atoms with van der Waals surface area (Å²) in [4.78, 5) is 37.8. The highest BCUT2D eigenvalue weighted by Crippen LogP contribution is 2.55. The lowest BCUT2D eigenvalue weighted by Gasteiger charge is -2.48. The van der Waals surface area contributed by atoms with Gasteiger partial charge in [0.2, 0.25) is 5.71 Å². The average Bonchev–Trinajstić information content (AvgIpc) is 3.72. The number of rotatable bonds is 8. The Morgan fingerprint density at radius 3 is 2.42 bits per heavy atom. The first kappa shape index (κ1) is 35.6. The number of benzene rings is 1. The van der Waals surface area contributed by atoms with Crippen LogP contribution in [0.2, 0.25) is 18.1 Å². The predicted molar refractivity (Wildman–Crippen MR) is 199 cm³/mol. The molecular formula is C39H51N5O5Si. The maximum Gasteiger partial charge on any atom is 0.408 e. The molecule has 50 heavy (non-hydrogen) atoms. The third-order valence-corrected chi connectivity index (χ3v) is 14.7. The third-order valence-electron chi connectivity index (χ3n) is 10.2. The Kier molecular flexibility index (Phi) is 9.60. The fourth-order valence-electron chi connectivity index (χ4n) is 6.53. The van der Waals surface area contributed by atoms with Crippen LogP contribution in [0.3, 0.4) is 0 Å². The van der Waals surface area contributed by atoms with Gasteiger partial charge >= 0.3 is 6.09 Å². The van der Waals surface area contributed by atoms with Crippen molar-refractivity contribution in [2.75, 3.05) is 23.3 Å². The number of aromatic nitrogens is 2. The maximum atomic E-state index is 13.6. The lowest BCUT2D eigenvalue weighted by Crippen LogP contribution is -2.63. The Labute approximate surface area is 296 Å². The van der Waals surface area contributed by atoms with Crippen molar-refractivity contribution in [1.82, 2.24) is 15.3 Å². The molecule has 0 radical (unpaired) electrons. The lowest BCUT2D eigenvalue weighted by molar-refractivity contribution is 0.0336. The summed E-state index contributed by atoms with van der Waals surface area (Å²) in [7, 11) is -2.18. The molecule has 1 aromatic carbocycles. The fourth-order valence-corrected chi connectivity index (χ4v) is 7.96. The van der Waals surface area contributed by atoms with Crippen molar-refractivity contribution < 1.29 is 23.2 Å². The predicted octanol–water partition coefficient (Wildman–Crippen LogP) is 8.49. The molecule has 2 aliphatic rings. The largest absolute Gasteiger partial charge is 0.444 e. The minimum Gasteiger partial charge on any atom is -0.444 e. The van der Waals surface area contributed by atoms with Crippen LogP contribution in [0.5, 0.6) is 0 Å². The summed E-state index contributed by atoms with van der Waals surface area (Å²) in [6, 6.07) is 17.7. The Morgan fingerprint density at radius 1 is 0.980 bits per heavy atom. The second-order valence-corrected chi connectivity index (χ2v) is 21.2. The van der Waals surface area contributed by atoms with E-state index in [9.17, 15) is 9.59 Å². The van der Waals surface area contributed by atoms with Gasteiger partial charge in [-0.25, -0.2) is 9.78 Å². The molecule has 266 valence electrons. The molecule has 1 aliphatic carbocycles. The first-order chi connectivity index (χ1) is 23.5. The van der Waals surface area contributed by atoms with E-state index in [1.807, 2.05) is 45.0 Å². The molecule has 3 aromatic heterocycles. The van der Waals surface area contributed by atoms with Gasteiger partial charge in [-0.05, 0) is 81.1 Å². The summed E-state index contributed by atoms with van der Waals surface area (Å²) in [5.41, 5.74) is 2.72. The molecule has 6 rings (SSSR count). The molecule has 5 atom stereocenters. The molecule has 1 saturated carbocycles. The van der Waals surface area contributed by atoms with E-state index < -0.39 is 20.0 Å². The molecule has 1 aliphatic heterocycles. The van der Waals surface area contributed by atoms with Crippen LogP contribution in [0.4, 0.5) is 16.2 Å². The van der Waals surface area contributed by atoms with Crippen LogP contribution in [-0.2, 0) is 9.16 Å². The smallest absolute Gasteiger partial charge is 0.408 e. The lowest BCUT2D eigenvalue weighted by atomic mass is 9.92. The first-order valence-electron chi connectivity index (χ1n) is 17.6. The molecular weight excluding hydrogens is 647 g/mol. The van der Waals surface area contributed by atoms with Gasteiger partial charge in [0.25, 0.3) is 5.91 Å². The van der Waals surface area contributed by atoms with Crippen molar-refractivity contribution in [3.8, 4) is 0 Å². The van der Waals surface area contributed by atoms with E-state index in [-0.39, 0.29) is 34.7 Å². The molecule has 4 aromatic rings. The van der Waals surface area contributed by atoms with Gasteiger partial charge in [0.15, 0.2) is 8.32 Å². The quantitative estimate of drug-likeness (QED) is 0.176. The number of nitrogens with zero attached hydrogens (tertiary/aromatic N) is 3. The number of anilines is 2. The second kappa shape index (κ2) is 13.5. The van der Waals surface area contributed by atoms with Crippen LogP contribution >= 0.6 is 0 Å². The summed E-state index contributed by atoms with van der Waals surface area (Å²) >= 11 is 0. The minimum absolute atomic E-state index is 0.000378. The topological polar surface area (TPSA) is 119 Å². The second-order valence-electron chi connectivity index (χ2n) is 16.4. The molecule has 2 fully saturated rings. The molecule has 0 spiro atoms. The molecule has 2 N–H and O–H groups in total. The van der Waals surface area contributed by atoms with Gasteiger partial charge in [-0.2, -0.15) is 0 Å². The van der Waals surface area contributed by atoms with E-state index in [1.165, 1.54) is 5.56 Å². The Hall–Kier alpha value is -4.22. The number of nitrogens with one attached hydrogen (secondary N) is 2. The highest BCUT2D eigenvalue weighted by molar-refractivity contribution is 6.74. The highest BCUT2D eigenvalue weighted by atomic mass is 28.4. The van der Waals surface area contributed by atoms with Crippen LogP contribution in [0, 0.1) is 5.92 Å². The summed E-state index contributed by atoms with van der Waals surface area (Å²) < 4.78 is 18.8. The molecule has 0 unspecified atom stereocenters. The van der Waals surface area contributed by atoms with Crippen LogP contribution < -0.4 is 15.5 Å². The van der Waals surface area contributed by atoms with Gasteiger partial charge in [-0.1, -0.05) is 58.0 Å². The van der Waals surface area contributed by atoms with Gasteiger partial charge in [0.1, 0.15) is 17.1 Å². The number of ether oxygens (including phenoxy) is 1. The monoisotopic (exact) mass is 697 g/mol.